The van der Waals surface area contributed by atoms with Crippen LogP contribution in [0.1, 0.15) is 42.0 Å². The number of aromatic nitrogens is 5. The van der Waals surface area contributed by atoms with Crippen LogP contribution < -0.4 is 15.6 Å². The standard InChI is InChI=1S/C25H23FN6O3/c1-2-35-17-10-11-19(27-14-17)24-31-30-23(32(24)21-8-4-3-6-18(21)26)15-12-16(13-15)28-25(34)20-7-5-9-22(33)29-20/h3-11,14-16H,2,12-13H2,1H3,(H,28,34)(H,29,33). The number of carbonyl (C=O) groups excluding carboxylic acids is 1. The highest BCUT2D eigenvalue weighted by Crippen LogP contribution is 2.39. The Kier molecular flexibility index (Phi) is 6.09. The third kappa shape index (κ3) is 4.54. The topological polar surface area (TPSA) is 115 Å². The molecule has 10 heteroatoms. The van der Waals surface area contributed by atoms with Gasteiger partial charge in [0.1, 0.15) is 28.8 Å². The molecule has 178 valence electrons. The lowest BCUT2D eigenvalue weighted by Gasteiger charge is -2.35. The van der Waals surface area contributed by atoms with E-state index in [0.29, 0.717) is 48.2 Å². The number of H-pyrrole nitrogens is 1. The zero-order valence-corrected chi connectivity index (χ0v) is 18.9. The summed E-state index contributed by atoms with van der Waals surface area (Å²) in [7, 11) is 0. The van der Waals surface area contributed by atoms with Crippen LogP contribution in [0.2, 0.25) is 0 Å². The summed E-state index contributed by atoms with van der Waals surface area (Å²) in [5.41, 5.74) is 0.733. The molecule has 4 aromatic rings. The van der Waals surface area contributed by atoms with Crippen LogP contribution in [0.3, 0.4) is 0 Å². The maximum absolute atomic E-state index is 14.8. The number of rotatable bonds is 7. The van der Waals surface area contributed by atoms with Crippen LogP contribution in [0.25, 0.3) is 17.2 Å². The lowest BCUT2D eigenvalue weighted by atomic mass is 9.79. The van der Waals surface area contributed by atoms with E-state index in [4.69, 9.17) is 4.74 Å². The maximum Gasteiger partial charge on any atom is 0.268 e. The smallest absolute Gasteiger partial charge is 0.268 e. The molecule has 9 nitrogen and oxygen atoms in total. The summed E-state index contributed by atoms with van der Waals surface area (Å²) in [5, 5.41) is 11.7. The first-order valence-corrected chi connectivity index (χ1v) is 11.3. The first-order valence-electron chi connectivity index (χ1n) is 11.3. The number of hydrogen-bond donors (Lipinski definition) is 2. The number of nitrogens with one attached hydrogen (secondary N) is 2. The molecule has 3 aromatic heterocycles. The third-order valence-corrected chi connectivity index (χ3v) is 5.91. The average molecular weight is 474 g/mol. The SMILES string of the molecule is CCOc1ccc(-c2nnc(C3CC(NC(=O)c4cccc(=O)[nH]4)C3)n2-c2ccccc2F)nc1. The highest BCUT2D eigenvalue weighted by Gasteiger charge is 2.36. The molecule has 1 amide bonds. The van der Waals surface area contributed by atoms with Gasteiger partial charge in [-0.2, -0.15) is 0 Å². The molecule has 0 spiro atoms. The van der Waals surface area contributed by atoms with Gasteiger partial charge in [0.25, 0.3) is 5.91 Å². The molecule has 1 aromatic carbocycles. The Morgan fingerprint density at radius 2 is 1.97 bits per heavy atom. The van der Waals surface area contributed by atoms with Crippen molar-refractivity contribution in [3.05, 3.63) is 88.5 Å². The Balaban J connectivity index is 1.40. The van der Waals surface area contributed by atoms with Gasteiger partial charge in [-0.05, 0) is 50.1 Å². The number of pyridine rings is 2. The van der Waals surface area contributed by atoms with Crippen LogP contribution in [0.4, 0.5) is 4.39 Å². The molecule has 0 atom stereocenters. The van der Waals surface area contributed by atoms with Crippen molar-refractivity contribution >= 4 is 5.91 Å². The van der Waals surface area contributed by atoms with Crippen molar-refractivity contribution in [2.75, 3.05) is 6.61 Å². The summed E-state index contributed by atoms with van der Waals surface area (Å²) in [6.07, 6.45) is 2.81. The van der Waals surface area contributed by atoms with Gasteiger partial charge in [-0.25, -0.2) is 9.37 Å². The quantitative estimate of drug-likeness (QED) is 0.425. The summed E-state index contributed by atoms with van der Waals surface area (Å²) in [5.74, 6) is 0.852. The fourth-order valence-electron chi connectivity index (χ4n) is 4.15. The summed E-state index contributed by atoms with van der Waals surface area (Å²) >= 11 is 0. The molecule has 3 heterocycles. The van der Waals surface area contributed by atoms with E-state index >= 15 is 0 Å². The van der Waals surface area contributed by atoms with Gasteiger partial charge in [0.15, 0.2) is 5.82 Å². The van der Waals surface area contributed by atoms with E-state index in [-0.39, 0.29) is 29.1 Å². The van der Waals surface area contributed by atoms with E-state index in [1.807, 2.05) is 6.92 Å². The van der Waals surface area contributed by atoms with Crippen LogP contribution in [-0.2, 0) is 0 Å². The predicted octanol–water partition coefficient (Wildman–Crippen LogP) is 3.23. The minimum absolute atomic E-state index is 0.0429. The number of ether oxygens (including phenoxy) is 1. The van der Waals surface area contributed by atoms with E-state index in [0.717, 1.165) is 0 Å². The Hall–Kier alpha value is -4.34. The number of nitrogens with zero attached hydrogens (tertiary/aromatic N) is 4. The fraction of sp³-hybridized carbons (Fsp3) is 0.240. The molecule has 0 saturated heterocycles. The fourth-order valence-corrected chi connectivity index (χ4v) is 4.15. The van der Waals surface area contributed by atoms with Crippen molar-refractivity contribution in [2.45, 2.75) is 31.7 Å². The second-order valence-electron chi connectivity index (χ2n) is 8.25. The second-order valence-corrected chi connectivity index (χ2v) is 8.25. The summed E-state index contributed by atoms with van der Waals surface area (Å²) in [4.78, 5) is 30.9. The number of halogens is 1. The first kappa shape index (κ1) is 22.5. The first-order chi connectivity index (χ1) is 17.0. The molecule has 1 aliphatic rings. The van der Waals surface area contributed by atoms with Crippen molar-refractivity contribution in [3.63, 3.8) is 0 Å². The molecule has 1 saturated carbocycles. The van der Waals surface area contributed by atoms with Crippen LogP contribution >= 0.6 is 0 Å². The average Bonchev–Trinajstić information content (AvgIpc) is 3.26. The highest BCUT2D eigenvalue weighted by atomic mass is 19.1. The summed E-state index contributed by atoms with van der Waals surface area (Å²) in [6, 6.07) is 14.3. The Bertz CT molecular complexity index is 1410. The molecule has 0 radical (unpaired) electrons. The number of para-hydroxylation sites is 1. The van der Waals surface area contributed by atoms with Crippen LogP contribution in [0.15, 0.2) is 65.6 Å². The van der Waals surface area contributed by atoms with Crippen molar-refractivity contribution in [3.8, 4) is 23.0 Å². The number of aromatic amines is 1. The van der Waals surface area contributed by atoms with Gasteiger partial charge in [-0.15, -0.1) is 10.2 Å². The van der Waals surface area contributed by atoms with E-state index in [2.05, 4.69) is 25.5 Å². The second kappa shape index (κ2) is 9.49. The maximum atomic E-state index is 14.8. The van der Waals surface area contributed by atoms with Gasteiger partial charge in [0.2, 0.25) is 5.56 Å². The Labute approximate surface area is 200 Å². The highest BCUT2D eigenvalue weighted by molar-refractivity contribution is 5.92. The Morgan fingerprint density at radius 3 is 2.69 bits per heavy atom. The molecule has 35 heavy (non-hydrogen) atoms. The van der Waals surface area contributed by atoms with Gasteiger partial charge in [0.05, 0.1) is 18.5 Å². The molecule has 0 bridgehead atoms. The molecule has 0 aliphatic heterocycles. The van der Waals surface area contributed by atoms with Gasteiger partial charge < -0.3 is 15.0 Å². The minimum Gasteiger partial charge on any atom is -0.492 e. The lowest BCUT2D eigenvalue weighted by molar-refractivity contribution is 0.0901. The molecule has 0 unspecified atom stereocenters. The summed E-state index contributed by atoms with van der Waals surface area (Å²) < 4.78 is 22.0. The van der Waals surface area contributed by atoms with Gasteiger partial charge in [-0.1, -0.05) is 18.2 Å². The molecular weight excluding hydrogens is 451 g/mol. The van der Waals surface area contributed by atoms with Crippen molar-refractivity contribution in [1.29, 1.82) is 0 Å². The van der Waals surface area contributed by atoms with Gasteiger partial charge in [-0.3, -0.25) is 14.2 Å². The molecule has 1 aliphatic carbocycles. The largest absolute Gasteiger partial charge is 0.492 e. The number of hydrogen-bond acceptors (Lipinski definition) is 6. The predicted molar refractivity (Wildman–Crippen MR) is 126 cm³/mol. The normalized spacial score (nSPS) is 17.0. The number of benzene rings is 1. The molecule has 1 fully saturated rings. The van der Waals surface area contributed by atoms with Crippen molar-refractivity contribution in [2.24, 2.45) is 0 Å². The van der Waals surface area contributed by atoms with E-state index in [1.165, 1.54) is 18.2 Å². The summed E-state index contributed by atoms with van der Waals surface area (Å²) in [6.45, 7) is 2.42. The van der Waals surface area contributed by atoms with Gasteiger partial charge in [0, 0.05) is 18.0 Å². The van der Waals surface area contributed by atoms with Crippen LogP contribution in [0.5, 0.6) is 5.75 Å². The van der Waals surface area contributed by atoms with E-state index in [9.17, 15) is 14.0 Å². The zero-order valence-electron chi connectivity index (χ0n) is 18.9. The number of carbonyl (C=O) groups is 1. The molecule has 5 rings (SSSR count). The third-order valence-electron chi connectivity index (χ3n) is 5.91. The molecular formula is C25H23FN6O3. The van der Waals surface area contributed by atoms with Crippen molar-refractivity contribution in [1.82, 2.24) is 30.0 Å². The minimum atomic E-state index is -0.405. The van der Waals surface area contributed by atoms with Gasteiger partial charge >= 0.3 is 0 Å². The number of amides is 1. The van der Waals surface area contributed by atoms with Crippen LogP contribution in [-0.4, -0.2) is 43.3 Å². The molecule has 2 N–H and O–H groups in total. The lowest BCUT2D eigenvalue weighted by Crippen LogP contribution is -2.44. The van der Waals surface area contributed by atoms with Crippen LogP contribution in [0, 0.1) is 5.82 Å². The monoisotopic (exact) mass is 474 g/mol. The van der Waals surface area contributed by atoms with E-state index in [1.54, 1.807) is 47.2 Å². The zero-order chi connectivity index (χ0) is 24.4. The van der Waals surface area contributed by atoms with Crippen molar-refractivity contribution < 1.29 is 13.9 Å². The van der Waals surface area contributed by atoms with E-state index < -0.39 is 5.82 Å². The Morgan fingerprint density at radius 1 is 1.14 bits per heavy atom.